The molecule has 5 atom stereocenters. The van der Waals surface area contributed by atoms with Crippen molar-refractivity contribution in [1.29, 1.82) is 0 Å². The summed E-state index contributed by atoms with van der Waals surface area (Å²) in [5, 5.41) is 5.79. The van der Waals surface area contributed by atoms with E-state index in [1.807, 2.05) is 30.3 Å². The van der Waals surface area contributed by atoms with Gasteiger partial charge in [-0.1, -0.05) is 36.2 Å². The zero-order valence-corrected chi connectivity index (χ0v) is 35.0. The van der Waals surface area contributed by atoms with Crippen LogP contribution in [-0.2, 0) is 48.7 Å². The smallest absolute Gasteiger partial charge is 0.329 e. The molecule has 0 aliphatic carbocycles. The minimum Gasteiger partial charge on any atom is -0.490 e. The fraction of sp³-hybridized carbons (Fsp3) is 0.537. The number of piperidine rings is 1. The predicted molar refractivity (Wildman–Crippen MR) is 223 cm³/mol. The summed E-state index contributed by atoms with van der Waals surface area (Å²) in [6, 6.07) is 8.16. The molecule has 6 N–H and O–H groups in total. The van der Waals surface area contributed by atoms with Crippen LogP contribution in [0.25, 0.3) is 11.0 Å². The molecule has 320 valence electrons. The van der Waals surface area contributed by atoms with E-state index in [9.17, 15) is 33.6 Å². The summed E-state index contributed by atoms with van der Waals surface area (Å²) in [5.74, 6) is -1.73. The van der Waals surface area contributed by atoms with Crippen molar-refractivity contribution < 1.29 is 33.5 Å². The molecule has 16 nitrogen and oxygen atoms in total. The van der Waals surface area contributed by atoms with Crippen LogP contribution in [0.2, 0.25) is 5.02 Å². The Morgan fingerprint density at radius 1 is 1.00 bits per heavy atom. The van der Waals surface area contributed by atoms with E-state index in [-0.39, 0.29) is 86.6 Å². The van der Waals surface area contributed by atoms with Crippen LogP contribution in [0.5, 0.6) is 5.75 Å². The van der Waals surface area contributed by atoms with Gasteiger partial charge in [0.05, 0.1) is 22.1 Å². The molecule has 3 saturated heterocycles. The molecule has 59 heavy (non-hydrogen) atoms. The fourth-order valence-corrected chi connectivity index (χ4v) is 8.70. The van der Waals surface area contributed by atoms with Gasteiger partial charge in [0.25, 0.3) is 0 Å². The number of nitrogens with zero attached hydrogens (tertiary/aromatic N) is 4. The van der Waals surface area contributed by atoms with Crippen molar-refractivity contribution in [3.8, 4) is 5.75 Å². The standard InChI is InChI=1S/C41H53ClN8O8.ClH/c1-24(51)48-20-19-28-13-15-31(49(28)40(56)29(43)22-48)38(54)45-27(12-17-35(44)52)23-58-34-10-6-9-26(37(34)42)8-5-3-4-7-25-11-14-30-33(21-25)47(2)41(57)50(30)32-16-18-36(53)46-39(32)55;/h6,9-11,14,21,27-29,31-32H,3-5,7-8,12-13,15-20,22-23,43H2,1-2H3,(H2,44,52)(H,45,54)(H,46,53,55);1H/t27?,28-,29+,31+,32?;/m1./s1. The van der Waals surface area contributed by atoms with Crippen LogP contribution in [0.15, 0.2) is 41.2 Å². The number of aryl methyl sites for hydroxylation is 3. The number of nitrogens with one attached hydrogen (secondary N) is 2. The number of aromatic nitrogens is 2. The number of hydrogen-bond donors (Lipinski definition) is 4. The van der Waals surface area contributed by atoms with Crippen LogP contribution in [0.1, 0.15) is 88.3 Å². The lowest BCUT2D eigenvalue weighted by atomic mass is 10.0. The van der Waals surface area contributed by atoms with E-state index in [2.05, 4.69) is 10.6 Å². The molecule has 3 aromatic rings. The van der Waals surface area contributed by atoms with E-state index < -0.39 is 36.0 Å². The van der Waals surface area contributed by atoms with Gasteiger partial charge in [0.1, 0.15) is 30.5 Å². The number of rotatable bonds is 15. The number of imidazole rings is 1. The van der Waals surface area contributed by atoms with Gasteiger partial charge < -0.3 is 31.3 Å². The highest BCUT2D eigenvalue weighted by Crippen LogP contribution is 2.32. The highest BCUT2D eigenvalue weighted by Gasteiger charge is 2.44. The molecular formula is C41H54Cl2N8O8. The molecule has 2 aromatic carbocycles. The van der Waals surface area contributed by atoms with Crippen molar-refractivity contribution >= 4 is 70.5 Å². The number of fused-ring (bicyclic) bond motifs is 2. The zero-order chi connectivity index (χ0) is 41.7. The normalized spacial score (nSPS) is 21.3. The fourth-order valence-electron chi connectivity index (χ4n) is 8.42. The third-order valence-electron chi connectivity index (χ3n) is 11.6. The summed E-state index contributed by atoms with van der Waals surface area (Å²) >= 11 is 6.82. The van der Waals surface area contributed by atoms with Crippen LogP contribution in [-0.4, -0.2) is 98.2 Å². The van der Waals surface area contributed by atoms with Crippen LogP contribution >= 0.6 is 24.0 Å². The molecule has 0 bridgehead atoms. The van der Waals surface area contributed by atoms with Crippen molar-refractivity contribution in [2.75, 3.05) is 19.7 Å². The first-order valence-electron chi connectivity index (χ1n) is 20.1. The van der Waals surface area contributed by atoms with Gasteiger partial charge >= 0.3 is 5.69 Å². The Kier molecular flexibility index (Phi) is 15.2. The minimum absolute atomic E-state index is 0. The van der Waals surface area contributed by atoms with Gasteiger partial charge in [0.15, 0.2) is 0 Å². The number of imide groups is 1. The molecule has 0 spiro atoms. The van der Waals surface area contributed by atoms with Gasteiger partial charge in [-0.3, -0.25) is 43.2 Å². The van der Waals surface area contributed by atoms with Crippen molar-refractivity contribution in [3.05, 3.63) is 63.0 Å². The van der Waals surface area contributed by atoms with E-state index in [0.29, 0.717) is 48.5 Å². The first-order chi connectivity index (χ1) is 27.7. The molecule has 3 fully saturated rings. The van der Waals surface area contributed by atoms with E-state index in [1.165, 1.54) is 11.5 Å². The number of ether oxygens (including phenoxy) is 1. The second-order valence-electron chi connectivity index (χ2n) is 15.7. The summed E-state index contributed by atoms with van der Waals surface area (Å²) in [5.41, 5.74) is 14.7. The quantitative estimate of drug-likeness (QED) is 0.130. The average molecular weight is 858 g/mol. The topological polar surface area (TPSA) is 221 Å². The number of halogens is 2. The lowest BCUT2D eigenvalue weighted by Gasteiger charge is -2.37. The zero-order valence-electron chi connectivity index (χ0n) is 33.5. The maximum atomic E-state index is 13.7. The van der Waals surface area contributed by atoms with Gasteiger partial charge in [0, 0.05) is 45.9 Å². The number of carbonyl (C=O) groups is 6. The highest BCUT2D eigenvalue weighted by molar-refractivity contribution is 6.32. The molecular weight excluding hydrogens is 803 g/mol. The maximum absolute atomic E-state index is 13.7. The summed E-state index contributed by atoms with van der Waals surface area (Å²) in [6.45, 7) is 2.02. The van der Waals surface area contributed by atoms with Crippen LogP contribution < -0.4 is 32.5 Å². The Morgan fingerprint density at radius 3 is 2.49 bits per heavy atom. The summed E-state index contributed by atoms with van der Waals surface area (Å²) in [4.78, 5) is 91.3. The molecule has 1 aromatic heterocycles. The lowest BCUT2D eigenvalue weighted by molar-refractivity contribution is -0.144. The van der Waals surface area contributed by atoms with Crippen molar-refractivity contribution in [1.82, 2.24) is 29.6 Å². The first kappa shape index (κ1) is 45.2. The third kappa shape index (κ3) is 10.5. The van der Waals surface area contributed by atoms with Crippen LogP contribution in [0, 0.1) is 0 Å². The van der Waals surface area contributed by atoms with E-state index in [0.717, 1.165) is 42.3 Å². The number of unbranched alkanes of at least 4 members (excludes halogenated alkanes) is 2. The Bertz CT molecular complexity index is 2140. The van der Waals surface area contributed by atoms with Crippen LogP contribution in [0.3, 0.4) is 0 Å². The SMILES string of the molecule is CC(=O)N1CC[C@H]2CC[C@@H](C(=O)NC(CCC(N)=O)COc3cccc(CCCCCc4ccc5c(c4)n(C)c(=O)n5C4CCC(=O)NC4=O)c3Cl)N2C(=O)[C@@H](N)C1.Cl. The molecule has 2 unspecified atom stereocenters. The molecule has 4 heterocycles. The first-order valence-corrected chi connectivity index (χ1v) is 20.5. The second-order valence-corrected chi connectivity index (χ2v) is 16.0. The van der Waals surface area contributed by atoms with Gasteiger partial charge in [-0.05, 0) is 87.1 Å². The van der Waals surface area contributed by atoms with E-state index in [4.69, 9.17) is 27.8 Å². The summed E-state index contributed by atoms with van der Waals surface area (Å²) < 4.78 is 9.16. The summed E-state index contributed by atoms with van der Waals surface area (Å²) in [7, 11) is 1.68. The molecule has 3 aliphatic rings. The Labute approximate surface area is 353 Å². The van der Waals surface area contributed by atoms with Gasteiger partial charge in [-0.15, -0.1) is 12.4 Å². The molecule has 0 radical (unpaired) electrons. The molecule has 0 saturated carbocycles. The van der Waals surface area contributed by atoms with Gasteiger partial charge in [-0.25, -0.2) is 4.79 Å². The number of primary amides is 1. The van der Waals surface area contributed by atoms with E-state index >= 15 is 0 Å². The monoisotopic (exact) mass is 856 g/mol. The Morgan fingerprint density at radius 2 is 1.76 bits per heavy atom. The number of carbonyl (C=O) groups excluding carboxylic acids is 6. The molecule has 6 amide bonds. The minimum atomic E-state index is -0.940. The summed E-state index contributed by atoms with van der Waals surface area (Å²) in [6.07, 6.45) is 6.49. The Hall–Kier alpha value is -4.93. The third-order valence-corrected chi connectivity index (χ3v) is 12.1. The second kappa shape index (κ2) is 19.9. The lowest BCUT2D eigenvalue weighted by Crippen LogP contribution is -2.59. The number of nitrogens with two attached hydrogens (primary N) is 2. The number of benzene rings is 2. The van der Waals surface area contributed by atoms with Crippen molar-refractivity contribution in [2.24, 2.45) is 18.5 Å². The van der Waals surface area contributed by atoms with Crippen molar-refractivity contribution in [2.45, 2.75) is 114 Å². The predicted octanol–water partition coefficient (Wildman–Crippen LogP) is 2.42. The maximum Gasteiger partial charge on any atom is 0.329 e. The highest BCUT2D eigenvalue weighted by atomic mass is 35.5. The van der Waals surface area contributed by atoms with E-state index in [1.54, 1.807) is 27.5 Å². The Balaban J connectivity index is 0.00000661. The largest absolute Gasteiger partial charge is 0.490 e. The molecule has 3 aliphatic heterocycles. The average Bonchev–Trinajstić information content (AvgIpc) is 3.71. The number of hydrogen-bond acceptors (Lipinski definition) is 9. The van der Waals surface area contributed by atoms with Gasteiger partial charge in [0.2, 0.25) is 35.4 Å². The van der Waals surface area contributed by atoms with Crippen LogP contribution in [0.4, 0.5) is 0 Å². The van der Waals surface area contributed by atoms with Crippen molar-refractivity contribution in [3.63, 3.8) is 0 Å². The van der Waals surface area contributed by atoms with Gasteiger partial charge in [-0.2, -0.15) is 0 Å². The molecule has 6 rings (SSSR count). The number of amides is 6. The molecule has 18 heteroatoms.